The lowest BCUT2D eigenvalue weighted by Crippen LogP contribution is -2.24. The first-order chi connectivity index (χ1) is 5.91. The number of ketones is 1. The normalized spacial score (nSPS) is 24.9. The summed E-state index contributed by atoms with van der Waals surface area (Å²) in [6, 6.07) is 0. The van der Waals surface area contributed by atoms with Crippen LogP contribution in [-0.2, 0) is 4.79 Å². The number of Topliss-reactive ketones (excluding diaryl/α,β-unsaturated/α-hetero) is 1. The molecule has 0 aromatic carbocycles. The Labute approximate surface area is 80.6 Å². The molecular weight excluding hydrogens is 162 g/mol. The largest absolute Gasteiger partial charge is 0.383 e. The van der Waals surface area contributed by atoms with Gasteiger partial charge in [0.25, 0.3) is 0 Å². The molecule has 1 rings (SSSR count). The number of allylic oxidation sites excluding steroid dienone is 1. The summed E-state index contributed by atoms with van der Waals surface area (Å²) in [6.07, 6.45) is 4.62. The van der Waals surface area contributed by atoms with E-state index in [0.717, 1.165) is 18.4 Å². The molecule has 0 unspecified atom stereocenters. The van der Waals surface area contributed by atoms with E-state index in [9.17, 15) is 4.79 Å². The van der Waals surface area contributed by atoms with E-state index in [1.807, 2.05) is 25.2 Å². The molecule has 0 saturated heterocycles. The molecule has 1 saturated carbocycles. The van der Waals surface area contributed by atoms with Gasteiger partial charge in [-0.3, -0.25) is 4.79 Å². The van der Waals surface area contributed by atoms with Crippen LogP contribution in [0.1, 0.15) is 33.1 Å². The maximum atomic E-state index is 11.5. The van der Waals surface area contributed by atoms with Crippen molar-refractivity contribution in [2.45, 2.75) is 33.1 Å². The number of carbonyl (C=O) groups excluding carboxylic acids is 1. The Hall–Kier alpha value is -0.790. The molecule has 0 bridgehead atoms. The summed E-state index contributed by atoms with van der Waals surface area (Å²) in [7, 11) is 3.92. The number of rotatable bonds is 1. The van der Waals surface area contributed by atoms with E-state index in [1.54, 1.807) is 0 Å². The second-order valence-corrected chi connectivity index (χ2v) is 4.88. The quantitative estimate of drug-likeness (QED) is 0.578. The highest BCUT2D eigenvalue weighted by Gasteiger charge is 2.29. The molecule has 1 aliphatic rings. The van der Waals surface area contributed by atoms with Crippen molar-refractivity contribution in [3.63, 3.8) is 0 Å². The van der Waals surface area contributed by atoms with E-state index in [-0.39, 0.29) is 0 Å². The Morgan fingerprint density at radius 1 is 1.38 bits per heavy atom. The van der Waals surface area contributed by atoms with Crippen LogP contribution in [-0.4, -0.2) is 24.8 Å². The first-order valence-corrected chi connectivity index (χ1v) is 4.81. The van der Waals surface area contributed by atoms with Crippen molar-refractivity contribution in [3.05, 3.63) is 11.8 Å². The van der Waals surface area contributed by atoms with Crippen molar-refractivity contribution < 1.29 is 4.79 Å². The van der Waals surface area contributed by atoms with Gasteiger partial charge in [-0.1, -0.05) is 13.8 Å². The van der Waals surface area contributed by atoms with Gasteiger partial charge >= 0.3 is 0 Å². The van der Waals surface area contributed by atoms with Crippen LogP contribution >= 0.6 is 0 Å². The molecule has 0 aromatic heterocycles. The minimum absolute atomic E-state index is 0.301. The molecule has 0 atom stereocenters. The lowest BCUT2D eigenvalue weighted by molar-refractivity contribution is -0.117. The average molecular weight is 181 g/mol. The Kier molecular flexibility index (Phi) is 2.79. The molecule has 74 valence electrons. The fourth-order valence-corrected chi connectivity index (χ4v) is 1.74. The predicted octanol–water partition coefficient (Wildman–Crippen LogP) is 2.21. The molecule has 0 spiro atoms. The van der Waals surface area contributed by atoms with Crippen LogP contribution < -0.4 is 0 Å². The molecular formula is C11H19NO. The maximum absolute atomic E-state index is 11.5. The zero-order valence-corrected chi connectivity index (χ0v) is 9.05. The lowest BCUT2D eigenvalue weighted by atomic mass is 9.75. The number of nitrogens with zero attached hydrogens (tertiary/aromatic N) is 1. The molecule has 0 N–H and O–H groups in total. The second-order valence-electron chi connectivity index (χ2n) is 4.88. The van der Waals surface area contributed by atoms with E-state index in [2.05, 4.69) is 13.8 Å². The maximum Gasteiger partial charge on any atom is 0.160 e. The highest BCUT2D eigenvalue weighted by molar-refractivity contribution is 5.96. The topological polar surface area (TPSA) is 20.3 Å². The van der Waals surface area contributed by atoms with E-state index >= 15 is 0 Å². The molecule has 1 aliphatic carbocycles. The zero-order valence-electron chi connectivity index (χ0n) is 9.05. The van der Waals surface area contributed by atoms with Gasteiger partial charge in [-0.25, -0.2) is 0 Å². The predicted molar refractivity (Wildman–Crippen MR) is 54.4 cm³/mol. The van der Waals surface area contributed by atoms with Gasteiger partial charge in [0.05, 0.1) is 0 Å². The van der Waals surface area contributed by atoms with Crippen LogP contribution in [0.25, 0.3) is 0 Å². The van der Waals surface area contributed by atoms with Crippen LogP contribution in [0.3, 0.4) is 0 Å². The summed E-state index contributed by atoms with van der Waals surface area (Å²) in [5.74, 6) is 0.327. The third kappa shape index (κ3) is 2.87. The van der Waals surface area contributed by atoms with Gasteiger partial charge in [-0.15, -0.1) is 0 Å². The fourth-order valence-electron chi connectivity index (χ4n) is 1.74. The van der Waals surface area contributed by atoms with Gasteiger partial charge in [-0.05, 0) is 18.3 Å². The SMILES string of the molecule is CN(C)/C=C1/CC(C)(C)CCC1=O. The van der Waals surface area contributed by atoms with Crippen LogP contribution in [0.2, 0.25) is 0 Å². The molecule has 2 nitrogen and oxygen atoms in total. The molecule has 0 amide bonds. The zero-order chi connectivity index (χ0) is 10.1. The smallest absolute Gasteiger partial charge is 0.160 e. The second kappa shape index (κ2) is 3.52. The number of carbonyl (C=O) groups is 1. The van der Waals surface area contributed by atoms with Gasteiger partial charge in [-0.2, -0.15) is 0 Å². The number of hydrogen-bond donors (Lipinski definition) is 0. The van der Waals surface area contributed by atoms with E-state index < -0.39 is 0 Å². The highest BCUT2D eigenvalue weighted by Crippen LogP contribution is 2.36. The first kappa shape index (κ1) is 10.3. The lowest BCUT2D eigenvalue weighted by Gasteiger charge is -2.30. The third-order valence-corrected chi connectivity index (χ3v) is 2.47. The Balaban J connectivity index is 2.77. The van der Waals surface area contributed by atoms with Crippen molar-refractivity contribution in [1.82, 2.24) is 4.90 Å². The third-order valence-electron chi connectivity index (χ3n) is 2.47. The monoisotopic (exact) mass is 181 g/mol. The molecule has 0 radical (unpaired) electrons. The van der Waals surface area contributed by atoms with Gasteiger partial charge in [0.1, 0.15) is 0 Å². The van der Waals surface area contributed by atoms with E-state index in [1.165, 1.54) is 0 Å². The van der Waals surface area contributed by atoms with Crippen LogP contribution in [0, 0.1) is 5.41 Å². The fraction of sp³-hybridized carbons (Fsp3) is 0.727. The van der Waals surface area contributed by atoms with Gasteiger partial charge in [0.15, 0.2) is 5.78 Å². The van der Waals surface area contributed by atoms with Crippen molar-refractivity contribution in [3.8, 4) is 0 Å². The molecule has 0 aliphatic heterocycles. The standard InChI is InChI=1S/C11H19NO/c1-11(2)6-5-10(13)9(7-11)8-12(3)4/h8H,5-7H2,1-4H3/b9-8-. The molecule has 2 heteroatoms. The van der Waals surface area contributed by atoms with Crippen molar-refractivity contribution in [2.24, 2.45) is 5.41 Å². The van der Waals surface area contributed by atoms with Crippen molar-refractivity contribution in [1.29, 1.82) is 0 Å². The summed E-state index contributed by atoms with van der Waals surface area (Å²) in [4.78, 5) is 13.5. The summed E-state index contributed by atoms with van der Waals surface area (Å²) >= 11 is 0. The Bertz CT molecular complexity index is 238. The molecule has 0 aromatic rings. The van der Waals surface area contributed by atoms with Crippen molar-refractivity contribution >= 4 is 5.78 Å². The first-order valence-electron chi connectivity index (χ1n) is 4.81. The summed E-state index contributed by atoms with van der Waals surface area (Å²) in [6.45, 7) is 4.45. The molecule has 1 fully saturated rings. The van der Waals surface area contributed by atoms with Gasteiger partial charge < -0.3 is 4.90 Å². The van der Waals surface area contributed by atoms with E-state index in [0.29, 0.717) is 17.6 Å². The van der Waals surface area contributed by atoms with Crippen LogP contribution in [0.15, 0.2) is 11.8 Å². The van der Waals surface area contributed by atoms with Crippen LogP contribution in [0.5, 0.6) is 0 Å². The number of hydrogen-bond acceptors (Lipinski definition) is 2. The Morgan fingerprint density at radius 2 is 2.00 bits per heavy atom. The van der Waals surface area contributed by atoms with Gasteiger partial charge in [0, 0.05) is 32.3 Å². The van der Waals surface area contributed by atoms with Crippen LogP contribution in [0.4, 0.5) is 0 Å². The van der Waals surface area contributed by atoms with Gasteiger partial charge in [0.2, 0.25) is 0 Å². The summed E-state index contributed by atoms with van der Waals surface area (Å²) < 4.78 is 0. The summed E-state index contributed by atoms with van der Waals surface area (Å²) in [5.41, 5.74) is 1.29. The molecule has 0 heterocycles. The summed E-state index contributed by atoms with van der Waals surface area (Å²) in [5, 5.41) is 0. The Morgan fingerprint density at radius 3 is 2.54 bits per heavy atom. The highest BCUT2D eigenvalue weighted by atomic mass is 16.1. The van der Waals surface area contributed by atoms with Crippen molar-refractivity contribution in [2.75, 3.05) is 14.1 Å². The minimum atomic E-state index is 0.301. The average Bonchev–Trinajstić information content (AvgIpc) is 1.95. The van der Waals surface area contributed by atoms with E-state index in [4.69, 9.17) is 0 Å². The molecule has 13 heavy (non-hydrogen) atoms. The minimum Gasteiger partial charge on any atom is -0.383 e.